The molecule has 0 atom stereocenters. The number of nitrogens with zero attached hydrogens (tertiary/aromatic N) is 2. The summed E-state index contributed by atoms with van der Waals surface area (Å²) in [5.74, 6) is 0. The van der Waals surface area contributed by atoms with Gasteiger partial charge in [0.2, 0.25) is 0 Å². The highest BCUT2D eigenvalue weighted by Crippen LogP contribution is 2.36. The molecular formula is C36H28Br2N2. The molecule has 4 heteroatoms. The lowest BCUT2D eigenvalue weighted by Gasteiger charge is -2.25. The molecule has 0 aliphatic rings. The average molecular weight is 648 g/mol. The minimum Gasteiger partial charge on any atom is -0.311 e. The van der Waals surface area contributed by atoms with Crippen LogP contribution < -0.4 is 9.80 Å². The lowest BCUT2D eigenvalue weighted by molar-refractivity contribution is 1.28. The van der Waals surface area contributed by atoms with Crippen LogP contribution in [0.2, 0.25) is 0 Å². The monoisotopic (exact) mass is 646 g/mol. The number of hydrogen-bond acceptors (Lipinski definition) is 2. The second-order valence-electron chi connectivity index (χ2n) is 8.97. The van der Waals surface area contributed by atoms with E-state index < -0.39 is 0 Å². The van der Waals surface area contributed by atoms with Crippen molar-refractivity contribution in [2.24, 2.45) is 0 Å². The summed E-state index contributed by atoms with van der Waals surface area (Å²) in [6, 6.07) is 58.3. The van der Waals surface area contributed by atoms with Crippen molar-refractivity contribution in [2.75, 3.05) is 9.80 Å². The molecular weight excluding hydrogens is 620 g/mol. The maximum Gasteiger partial charge on any atom is 0.0462 e. The molecule has 0 spiro atoms. The lowest BCUT2D eigenvalue weighted by Crippen LogP contribution is -2.09. The summed E-state index contributed by atoms with van der Waals surface area (Å²) in [6.07, 6.45) is 0. The van der Waals surface area contributed by atoms with Gasteiger partial charge in [0, 0.05) is 43.1 Å². The van der Waals surface area contributed by atoms with Gasteiger partial charge in [-0.1, -0.05) is 105 Å². The highest BCUT2D eigenvalue weighted by Gasteiger charge is 2.12. The normalized spacial score (nSPS) is 10.2. The Labute approximate surface area is 253 Å². The van der Waals surface area contributed by atoms with Crippen molar-refractivity contribution >= 4 is 66.0 Å². The fourth-order valence-corrected chi connectivity index (χ4v) is 4.91. The molecule has 40 heavy (non-hydrogen) atoms. The van der Waals surface area contributed by atoms with Crippen LogP contribution in [0.25, 0.3) is 0 Å². The molecule has 0 radical (unpaired) electrons. The Morgan fingerprint density at radius 2 is 0.450 bits per heavy atom. The van der Waals surface area contributed by atoms with E-state index in [-0.39, 0.29) is 0 Å². The number of rotatable bonds is 6. The van der Waals surface area contributed by atoms with Gasteiger partial charge in [0.1, 0.15) is 0 Å². The summed E-state index contributed by atoms with van der Waals surface area (Å²) in [5, 5.41) is 0. The van der Waals surface area contributed by atoms with Crippen LogP contribution in [0.3, 0.4) is 0 Å². The van der Waals surface area contributed by atoms with E-state index in [0.717, 1.165) is 26.0 Å². The van der Waals surface area contributed by atoms with E-state index in [1.807, 2.05) is 24.3 Å². The van der Waals surface area contributed by atoms with Crippen molar-refractivity contribution in [1.82, 2.24) is 0 Å². The number of benzene rings is 6. The molecule has 0 aromatic heterocycles. The second kappa shape index (κ2) is 13.8. The van der Waals surface area contributed by atoms with Gasteiger partial charge < -0.3 is 9.80 Å². The predicted octanol–water partition coefficient (Wildman–Crippen LogP) is 11.8. The molecule has 0 saturated carbocycles. The van der Waals surface area contributed by atoms with E-state index in [4.69, 9.17) is 0 Å². The maximum absolute atomic E-state index is 3.49. The van der Waals surface area contributed by atoms with Gasteiger partial charge in [-0.15, -0.1) is 0 Å². The highest BCUT2D eigenvalue weighted by molar-refractivity contribution is 9.10. The van der Waals surface area contributed by atoms with Crippen molar-refractivity contribution in [2.45, 2.75) is 0 Å². The van der Waals surface area contributed by atoms with E-state index in [2.05, 4.69) is 187 Å². The number of para-hydroxylation sites is 4. The second-order valence-corrected chi connectivity index (χ2v) is 10.8. The number of halogens is 2. The molecule has 6 aromatic carbocycles. The fourth-order valence-electron chi connectivity index (χ4n) is 4.38. The van der Waals surface area contributed by atoms with Crippen molar-refractivity contribution in [3.8, 4) is 0 Å². The van der Waals surface area contributed by atoms with E-state index >= 15 is 0 Å². The molecule has 0 heterocycles. The van der Waals surface area contributed by atoms with Gasteiger partial charge in [-0.25, -0.2) is 0 Å². The van der Waals surface area contributed by atoms with E-state index in [0.29, 0.717) is 0 Å². The SMILES string of the molecule is Brc1ccc(N(c2ccccc2)c2ccc(Br)cc2)cc1.c1ccc(N(c2ccccc2)c2ccccc2)cc1. The largest absolute Gasteiger partial charge is 0.311 e. The number of anilines is 6. The highest BCUT2D eigenvalue weighted by atomic mass is 79.9. The van der Waals surface area contributed by atoms with Crippen LogP contribution in [0.4, 0.5) is 34.1 Å². The summed E-state index contributed by atoms with van der Waals surface area (Å²) in [4.78, 5) is 4.48. The Balaban J connectivity index is 0.000000162. The zero-order valence-electron chi connectivity index (χ0n) is 21.8. The Bertz CT molecular complexity index is 1440. The zero-order valence-corrected chi connectivity index (χ0v) is 25.0. The molecule has 6 aromatic rings. The Morgan fingerprint density at radius 3 is 0.675 bits per heavy atom. The first-order chi connectivity index (χ1) is 19.7. The van der Waals surface area contributed by atoms with Gasteiger partial charge in [-0.05, 0) is 97.1 Å². The van der Waals surface area contributed by atoms with E-state index in [1.165, 1.54) is 17.1 Å². The Hall–Kier alpha value is -4.12. The summed E-state index contributed by atoms with van der Waals surface area (Å²) < 4.78 is 2.16. The minimum atomic E-state index is 1.08. The summed E-state index contributed by atoms with van der Waals surface area (Å²) >= 11 is 6.98. The summed E-state index contributed by atoms with van der Waals surface area (Å²) in [5.41, 5.74) is 6.90. The quantitative estimate of drug-likeness (QED) is 0.177. The summed E-state index contributed by atoms with van der Waals surface area (Å²) in [6.45, 7) is 0. The maximum atomic E-state index is 3.49. The van der Waals surface area contributed by atoms with Crippen molar-refractivity contribution < 1.29 is 0 Å². The standard InChI is InChI=1S/C18H13Br2N.C18H15N/c19-14-6-10-17(11-7-14)21(16-4-2-1-3-5-16)18-12-8-15(20)9-13-18;1-4-10-16(11-5-1)19(17-12-6-2-7-13-17)18-14-8-3-9-15-18/h1-13H;1-15H. The average Bonchev–Trinajstić information content (AvgIpc) is 3.02. The topological polar surface area (TPSA) is 6.48 Å². The van der Waals surface area contributed by atoms with Crippen LogP contribution in [-0.2, 0) is 0 Å². The minimum absolute atomic E-state index is 1.08. The Kier molecular flexibility index (Phi) is 9.46. The number of hydrogen-bond donors (Lipinski definition) is 0. The third-order valence-corrected chi connectivity index (χ3v) is 7.28. The van der Waals surface area contributed by atoms with Crippen LogP contribution in [0.1, 0.15) is 0 Å². The smallest absolute Gasteiger partial charge is 0.0462 e. The van der Waals surface area contributed by atoms with E-state index in [9.17, 15) is 0 Å². The molecule has 0 amide bonds. The molecule has 0 aliphatic carbocycles. The van der Waals surface area contributed by atoms with Gasteiger partial charge in [-0.3, -0.25) is 0 Å². The predicted molar refractivity (Wildman–Crippen MR) is 178 cm³/mol. The summed E-state index contributed by atoms with van der Waals surface area (Å²) in [7, 11) is 0. The van der Waals surface area contributed by atoms with Gasteiger partial charge in [0.05, 0.1) is 0 Å². The van der Waals surface area contributed by atoms with Crippen LogP contribution in [-0.4, -0.2) is 0 Å². The third kappa shape index (κ3) is 7.09. The van der Waals surface area contributed by atoms with Crippen LogP contribution in [0.5, 0.6) is 0 Å². The molecule has 0 N–H and O–H groups in total. The Morgan fingerprint density at radius 1 is 0.250 bits per heavy atom. The van der Waals surface area contributed by atoms with E-state index in [1.54, 1.807) is 0 Å². The molecule has 0 bridgehead atoms. The zero-order chi connectivity index (χ0) is 27.6. The molecule has 6 rings (SSSR count). The molecule has 0 fully saturated rings. The van der Waals surface area contributed by atoms with Gasteiger partial charge >= 0.3 is 0 Å². The van der Waals surface area contributed by atoms with Gasteiger partial charge in [0.15, 0.2) is 0 Å². The first kappa shape index (κ1) is 27.4. The first-order valence-electron chi connectivity index (χ1n) is 13.0. The van der Waals surface area contributed by atoms with Gasteiger partial charge in [0.25, 0.3) is 0 Å². The van der Waals surface area contributed by atoms with Crippen molar-refractivity contribution in [1.29, 1.82) is 0 Å². The fraction of sp³-hybridized carbons (Fsp3) is 0. The third-order valence-electron chi connectivity index (χ3n) is 6.23. The van der Waals surface area contributed by atoms with Crippen molar-refractivity contribution in [3.63, 3.8) is 0 Å². The lowest BCUT2D eigenvalue weighted by atomic mass is 10.2. The molecule has 0 saturated heterocycles. The van der Waals surface area contributed by atoms with Crippen LogP contribution in [0.15, 0.2) is 179 Å². The van der Waals surface area contributed by atoms with Gasteiger partial charge in [-0.2, -0.15) is 0 Å². The molecule has 0 aliphatic heterocycles. The van der Waals surface area contributed by atoms with Crippen molar-refractivity contribution in [3.05, 3.63) is 179 Å². The first-order valence-corrected chi connectivity index (χ1v) is 14.6. The van der Waals surface area contributed by atoms with Crippen LogP contribution in [0, 0.1) is 0 Å². The molecule has 0 unspecified atom stereocenters. The van der Waals surface area contributed by atoms with Crippen LogP contribution >= 0.6 is 31.9 Å². The molecule has 2 nitrogen and oxygen atoms in total. The molecule has 196 valence electrons.